The van der Waals surface area contributed by atoms with E-state index < -0.39 is 0 Å². The molecule has 1 aromatic rings. The first-order chi connectivity index (χ1) is 11.0. The topological polar surface area (TPSA) is 70.2 Å². The largest absolute Gasteiger partial charge is 0.355 e. The average molecular weight is 317 g/mol. The van der Waals surface area contributed by atoms with E-state index in [4.69, 9.17) is 0 Å². The Morgan fingerprint density at radius 2 is 1.70 bits per heavy atom. The van der Waals surface area contributed by atoms with Crippen LogP contribution in [0.5, 0.6) is 0 Å². The van der Waals surface area contributed by atoms with Gasteiger partial charge in [-0.05, 0) is 25.3 Å². The van der Waals surface area contributed by atoms with Gasteiger partial charge in [-0.2, -0.15) is 0 Å². The summed E-state index contributed by atoms with van der Waals surface area (Å²) in [5.41, 5.74) is 1.33. The second-order valence-electron chi connectivity index (χ2n) is 6.33. The van der Waals surface area contributed by atoms with Crippen molar-refractivity contribution in [1.29, 1.82) is 0 Å². The third-order valence-electron chi connectivity index (χ3n) is 4.81. The molecule has 1 saturated carbocycles. The van der Waals surface area contributed by atoms with Gasteiger partial charge in [-0.1, -0.05) is 43.2 Å². The van der Waals surface area contributed by atoms with E-state index >= 15 is 0 Å². The maximum absolute atomic E-state index is 12.1. The lowest BCUT2D eigenvalue weighted by Crippen LogP contribution is -2.51. The Kier molecular flexibility index (Phi) is 6.02. The van der Waals surface area contributed by atoms with E-state index in [2.05, 4.69) is 47.1 Å². The molecular formula is C18H27N3O2. The van der Waals surface area contributed by atoms with Crippen LogP contribution in [0.2, 0.25) is 0 Å². The summed E-state index contributed by atoms with van der Waals surface area (Å²) in [6, 6.07) is 10.4. The molecule has 2 rings (SSSR count). The standard InChI is InChI=1S/C18H27N3O2/c1-14(21-17(23)20-13-12-19-15(2)22)18(10-6-7-11-18)16-8-4-3-5-9-16/h3-5,8-9,14H,6-7,10-13H2,1-2H3,(H,19,22)(H2,20,21,23). The zero-order valence-corrected chi connectivity index (χ0v) is 14.0. The van der Waals surface area contributed by atoms with Crippen LogP contribution < -0.4 is 16.0 Å². The number of carbonyl (C=O) groups is 2. The Hall–Kier alpha value is -2.04. The summed E-state index contributed by atoms with van der Waals surface area (Å²) in [5, 5.41) is 8.54. The Morgan fingerprint density at radius 3 is 2.30 bits per heavy atom. The molecule has 3 amide bonds. The first kappa shape index (κ1) is 17.3. The van der Waals surface area contributed by atoms with Gasteiger partial charge in [0.1, 0.15) is 0 Å². The zero-order chi connectivity index (χ0) is 16.7. The lowest BCUT2D eigenvalue weighted by atomic mass is 9.73. The summed E-state index contributed by atoms with van der Waals surface area (Å²) in [6.45, 7) is 4.43. The summed E-state index contributed by atoms with van der Waals surface area (Å²) < 4.78 is 0. The smallest absolute Gasteiger partial charge is 0.315 e. The predicted octanol–water partition coefficient (Wildman–Crippen LogP) is 2.32. The lowest BCUT2D eigenvalue weighted by molar-refractivity contribution is -0.118. The number of carbonyl (C=O) groups excluding carboxylic acids is 2. The third kappa shape index (κ3) is 4.47. The van der Waals surface area contributed by atoms with Crippen molar-refractivity contribution in [2.75, 3.05) is 13.1 Å². The Morgan fingerprint density at radius 1 is 1.09 bits per heavy atom. The molecule has 1 aliphatic carbocycles. The van der Waals surface area contributed by atoms with Gasteiger partial charge >= 0.3 is 6.03 Å². The van der Waals surface area contributed by atoms with Gasteiger partial charge in [0.15, 0.2) is 0 Å². The fourth-order valence-electron chi connectivity index (χ4n) is 3.55. The summed E-state index contributed by atoms with van der Waals surface area (Å²) in [5.74, 6) is -0.0884. The predicted molar refractivity (Wildman–Crippen MR) is 91.3 cm³/mol. The Labute approximate surface area is 138 Å². The number of rotatable bonds is 6. The molecule has 0 aromatic heterocycles. The molecule has 0 aliphatic heterocycles. The second-order valence-corrected chi connectivity index (χ2v) is 6.33. The van der Waals surface area contributed by atoms with Crippen molar-refractivity contribution in [3.05, 3.63) is 35.9 Å². The molecule has 1 unspecified atom stereocenters. The van der Waals surface area contributed by atoms with Crippen molar-refractivity contribution in [3.63, 3.8) is 0 Å². The number of hydrogen-bond donors (Lipinski definition) is 3. The molecule has 0 saturated heterocycles. The van der Waals surface area contributed by atoms with Gasteiger partial charge in [-0.25, -0.2) is 4.79 Å². The Balaban J connectivity index is 1.93. The first-order valence-corrected chi connectivity index (χ1v) is 8.39. The van der Waals surface area contributed by atoms with Crippen LogP contribution in [0.1, 0.15) is 45.1 Å². The highest BCUT2D eigenvalue weighted by molar-refractivity contribution is 5.75. The van der Waals surface area contributed by atoms with Crippen LogP contribution >= 0.6 is 0 Å². The van der Waals surface area contributed by atoms with Crippen molar-refractivity contribution in [2.24, 2.45) is 0 Å². The van der Waals surface area contributed by atoms with Crippen LogP contribution in [0.25, 0.3) is 0 Å². The molecular weight excluding hydrogens is 290 g/mol. The number of benzene rings is 1. The van der Waals surface area contributed by atoms with Gasteiger partial charge in [0.25, 0.3) is 0 Å². The molecule has 3 N–H and O–H groups in total. The molecule has 5 nitrogen and oxygen atoms in total. The van der Waals surface area contributed by atoms with Gasteiger partial charge < -0.3 is 16.0 Å². The molecule has 0 radical (unpaired) electrons. The molecule has 23 heavy (non-hydrogen) atoms. The molecule has 5 heteroatoms. The fraction of sp³-hybridized carbons (Fsp3) is 0.556. The summed E-state index contributed by atoms with van der Waals surface area (Å²) in [7, 11) is 0. The third-order valence-corrected chi connectivity index (χ3v) is 4.81. The maximum Gasteiger partial charge on any atom is 0.315 e. The highest BCUT2D eigenvalue weighted by Gasteiger charge is 2.41. The highest BCUT2D eigenvalue weighted by atomic mass is 16.2. The second kappa shape index (κ2) is 7.99. The van der Waals surface area contributed by atoms with E-state index in [1.54, 1.807) is 0 Å². The Bertz CT molecular complexity index is 524. The summed E-state index contributed by atoms with van der Waals surface area (Å²) in [6.07, 6.45) is 4.60. The number of hydrogen-bond acceptors (Lipinski definition) is 2. The zero-order valence-electron chi connectivity index (χ0n) is 14.0. The van der Waals surface area contributed by atoms with Gasteiger partial charge in [0.05, 0.1) is 0 Å². The van der Waals surface area contributed by atoms with Crippen molar-refractivity contribution in [2.45, 2.75) is 51.0 Å². The van der Waals surface area contributed by atoms with E-state index in [1.807, 2.05) is 6.07 Å². The monoisotopic (exact) mass is 317 g/mol. The van der Waals surface area contributed by atoms with Crippen LogP contribution in [0, 0.1) is 0 Å². The average Bonchev–Trinajstić information content (AvgIpc) is 3.03. The molecule has 1 aromatic carbocycles. The summed E-state index contributed by atoms with van der Waals surface area (Å²) >= 11 is 0. The molecule has 0 spiro atoms. The van der Waals surface area contributed by atoms with E-state index in [0.717, 1.165) is 12.8 Å². The lowest BCUT2D eigenvalue weighted by Gasteiger charge is -2.36. The SMILES string of the molecule is CC(=O)NCCNC(=O)NC(C)C1(c2ccccc2)CCCC1. The number of nitrogens with one attached hydrogen (secondary N) is 3. The molecule has 126 valence electrons. The number of amides is 3. The van der Waals surface area contributed by atoms with Crippen LogP contribution in [0.4, 0.5) is 4.79 Å². The quantitative estimate of drug-likeness (QED) is 0.705. The molecule has 1 aliphatic rings. The van der Waals surface area contributed by atoms with Crippen molar-refractivity contribution in [1.82, 2.24) is 16.0 Å². The molecule has 0 heterocycles. The van der Waals surface area contributed by atoms with E-state index in [9.17, 15) is 9.59 Å². The number of urea groups is 1. The van der Waals surface area contributed by atoms with Crippen molar-refractivity contribution >= 4 is 11.9 Å². The highest BCUT2D eigenvalue weighted by Crippen LogP contribution is 2.43. The van der Waals surface area contributed by atoms with Crippen molar-refractivity contribution < 1.29 is 9.59 Å². The fourth-order valence-corrected chi connectivity index (χ4v) is 3.55. The van der Waals surface area contributed by atoms with Gasteiger partial charge in [-0.3, -0.25) is 4.79 Å². The van der Waals surface area contributed by atoms with Crippen LogP contribution in [-0.2, 0) is 10.2 Å². The summed E-state index contributed by atoms with van der Waals surface area (Å²) in [4.78, 5) is 22.9. The van der Waals surface area contributed by atoms with E-state index in [-0.39, 0.29) is 23.4 Å². The van der Waals surface area contributed by atoms with E-state index in [1.165, 1.54) is 25.3 Å². The normalized spacial score (nSPS) is 17.3. The van der Waals surface area contributed by atoms with Crippen LogP contribution in [-0.4, -0.2) is 31.1 Å². The van der Waals surface area contributed by atoms with E-state index in [0.29, 0.717) is 13.1 Å². The minimum atomic E-state index is -0.176. The van der Waals surface area contributed by atoms with Crippen LogP contribution in [0.15, 0.2) is 30.3 Å². The minimum absolute atomic E-state index is 0.0240. The van der Waals surface area contributed by atoms with Gasteiger partial charge in [-0.15, -0.1) is 0 Å². The van der Waals surface area contributed by atoms with Crippen molar-refractivity contribution in [3.8, 4) is 0 Å². The molecule has 1 atom stereocenters. The van der Waals surface area contributed by atoms with Crippen LogP contribution in [0.3, 0.4) is 0 Å². The minimum Gasteiger partial charge on any atom is -0.355 e. The van der Waals surface area contributed by atoms with Gasteiger partial charge in [0.2, 0.25) is 5.91 Å². The molecule has 0 bridgehead atoms. The first-order valence-electron chi connectivity index (χ1n) is 8.39. The van der Waals surface area contributed by atoms with Gasteiger partial charge in [0, 0.05) is 31.5 Å². The molecule has 1 fully saturated rings. The maximum atomic E-state index is 12.1.